The molecule has 1 heterocycles. The van der Waals surface area contributed by atoms with Gasteiger partial charge in [0.2, 0.25) is 17.7 Å². The number of amides is 3. The number of aryl methyl sites for hydroxylation is 1. The molecule has 1 aromatic heterocycles. The first-order chi connectivity index (χ1) is 15.5. The van der Waals surface area contributed by atoms with E-state index in [4.69, 9.17) is 0 Å². The number of aromatic nitrogens is 1. The van der Waals surface area contributed by atoms with Crippen LogP contribution >= 0.6 is 11.3 Å². The Morgan fingerprint density at radius 2 is 1.72 bits per heavy atom. The predicted octanol–water partition coefficient (Wildman–Crippen LogP) is 3.56. The third-order valence-electron chi connectivity index (χ3n) is 4.77. The summed E-state index contributed by atoms with van der Waals surface area (Å²) in [4.78, 5) is 43.0. The monoisotopic (exact) mass is 450 g/mol. The summed E-state index contributed by atoms with van der Waals surface area (Å²) in [5, 5.41) is 7.80. The molecule has 0 unspecified atom stereocenters. The van der Waals surface area contributed by atoms with Crippen LogP contribution in [0.1, 0.15) is 24.0 Å². The molecule has 3 rings (SSSR count). The van der Waals surface area contributed by atoms with E-state index in [-0.39, 0.29) is 37.1 Å². The minimum atomic E-state index is -0.290. The zero-order chi connectivity index (χ0) is 22.8. The molecular formula is C24H26N4O3S. The van der Waals surface area contributed by atoms with Crippen LogP contribution in [0.25, 0.3) is 0 Å². The number of benzene rings is 2. The van der Waals surface area contributed by atoms with Crippen LogP contribution in [0.5, 0.6) is 0 Å². The molecule has 0 aliphatic carbocycles. The van der Waals surface area contributed by atoms with Gasteiger partial charge in [-0.1, -0.05) is 48.0 Å². The fraction of sp³-hybridized carbons (Fsp3) is 0.250. The number of anilines is 2. The van der Waals surface area contributed by atoms with Crippen molar-refractivity contribution in [3.8, 4) is 0 Å². The van der Waals surface area contributed by atoms with Gasteiger partial charge in [0.25, 0.3) is 0 Å². The molecule has 0 atom stereocenters. The van der Waals surface area contributed by atoms with Gasteiger partial charge in [-0.05, 0) is 31.0 Å². The number of carbonyl (C=O) groups is 3. The van der Waals surface area contributed by atoms with Crippen molar-refractivity contribution in [2.45, 2.75) is 26.2 Å². The topological polar surface area (TPSA) is 91.4 Å². The highest BCUT2D eigenvalue weighted by atomic mass is 32.1. The molecule has 8 heteroatoms. The van der Waals surface area contributed by atoms with Gasteiger partial charge >= 0.3 is 0 Å². The molecule has 3 aromatic rings. The van der Waals surface area contributed by atoms with Crippen molar-refractivity contribution in [2.75, 3.05) is 23.3 Å². The van der Waals surface area contributed by atoms with E-state index in [2.05, 4.69) is 15.6 Å². The third kappa shape index (κ3) is 7.31. The first kappa shape index (κ1) is 23.1. The molecule has 0 aliphatic heterocycles. The summed E-state index contributed by atoms with van der Waals surface area (Å²) in [6, 6.07) is 17.3. The lowest BCUT2D eigenvalue weighted by molar-refractivity contribution is -0.125. The van der Waals surface area contributed by atoms with Gasteiger partial charge in [-0.25, -0.2) is 4.98 Å². The molecule has 0 saturated heterocycles. The second-order valence-electron chi connectivity index (χ2n) is 7.29. The Bertz CT molecular complexity index is 1020. The van der Waals surface area contributed by atoms with Crippen molar-refractivity contribution < 1.29 is 14.4 Å². The quantitative estimate of drug-likeness (QED) is 0.494. The first-order valence-electron chi connectivity index (χ1n) is 10.4. The Hall–Kier alpha value is -3.52. The predicted molar refractivity (Wildman–Crippen MR) is 127 cm³/mol. The van der Waals surface area contributed by atoms with E-state index in [1.165, 1.54) is 16.2 Å². The van der Waals surface area contributed by atoms with Gasteiger partial charge in [0.15, 0.2) is 5.13 Å². The lowest BCUT2D eigenvalue weighted by Crippen LogP contribution is -2.41. The van der Waals surface area contributed by atoms with Crippen molar-refractivity contribution >= 4 is 39.9 Å². The van der Waals surface area contributed by atoms with Crippen LogP contribution in [0.2, 0.25) is 0 Å². The minimum Gasteiger partial charge on any atom is -0.354 e. The Labute approximate surface area is 191 Å². The van der Waals surface area contributed by atoms with Crippen LogP contribution in [0, 0.1) is 6.92 Å². The zero-order valence-corrected chi connectivity index (χ0v) is 18.7. The van der Waals surface area contributed by atoms with Crippen molar-refractivity contribution in [3.63, 3.8) is 0 Å². The summed E-state index contributed by atoms with van der Waals surface area (Å²) >= 11 is 1.31. The standard InChI is InChI=1S/C24H26N4O3S/c1-18-7-9-20(10-8-18)28(17-22(30)25-14-13-19-5-3-2-4-6-19)23(31)12-11-21(29)27-24-26-15-16-32-24/h2-10,15-16H,11-14,17H2,1H3,(H,25,30)(H,26,27,29). The van der Waals surface area contributed by atoms with Crippen molar-refractivity contribution in [2.24, 2.45) is 0 Å². The molecule has 3 amide bonds. The number of hydrogen-bond donors (Lipinski definition) is 2. The number of thiazole rings is 1. The second-order valence-corrected chi connectivity index (χ2v) is 8.18. The molecule has 0 saturated carbocycles. The maximum atomic E-state index is 12.9. The Balaban J connectivity index is 1.57. The molecule has 2 aromatic carbocycles. The number of nitrogens with zero attached hydrogens (tertiary/aromatic N) is 2. The van der Waals surface area contributed by atoms with Gasteiger partial charge in [-0.15, -0.1) is 11.3 Å². The zero-order valence-electron chi connectivity index (χ0n) is 17.9. The van der Waals surface area contributed by atoms with E-state index in [1.807, 2.05) is 49.4 Å². The summed E-state index contributed by atoms with van der Waals surface area (Å²) in [6.07, 6.45) is 2.31. The van der Waals surface area contributed by atoms with Crippen molar-refractivity contribution in [1.29, 1.82) is 0 Å². The van der Waals surface area contributed by atoms with E-state index in [0.717, 1.165) is 11.1 Å². The Kier molecular flexibility index (Phi) is 8.51. The van der Waals surface area contributed by atoms with Crippen LogP contribution in [0.3, 0.4) is 0 Å². The van der Waals surface area contributed by atoms with Gasteiger partial charge in [-0.2, -0.15) is 0 Å². The van der Waals surface area contributed by atoms with Crippen LogP contribution in [-0.2, 0) is 20.8 Å². The Morgan fingerprint density at radius 3 is 2.41 bits per heavy atom. The number of hydrogen-bond acceptors (Lipinski definition) is 5. The molecule has 7 nitrogen and oxygen atoms in total. The largest absolute Gasteiger partial charge is 0.354 e. The van der Waals surface area contributed by atoms with Crippen molar-refractivity contribution in [1.82, 2.24) is 10.3 Å². The van der Waals surface area contributed by atoms with Crippen LogP contribution in [-0.4, -0.2) is 35.8 Å². The second kappa shape index (κ2) is 11.8. The summed E-state index contributed by atoms with van der Waals surface area (Å²) in [6.45, 7) is 2.33. The van der Waals surface area contributed by atoms with E-state index in [1.54, 1.807) is 23.7 Å². The smallest absolute Gasteiger partial charge is 0.240 e. The summed E-state index contributed by atoms with van der Waals surface area (Å²) < 4.78 is 0. The van der Waals surface area contributed by atoms with E-state index in [0.29, 0.717) is 23.8 Å². The van der Waals surface area contributed by atoms with Crippen LogP contribution < -0.4 is 15.5 Å². The summed E-state index contributed by atoms with van der Waals surface area (Å²) in [7, 11) is 0. The fourth-order valence-corrected chi connectivity index (χ4v) is 3.61. The molecule has 0 radical (unpaired) electrons. The van der Waals surface area contributed by atoms with Crippen molar-refractivity contribution in [3.05, 3.63) is 77.3 Å². The maximum Gasteiger partial charge on any atom is 0.240 e. The van der Waals surface area contributed by atoms with Crippen LogP contribution in [0.4, 0.5) is 10.8 Å². The summed E-state index contributed by atoms with van der Waals surface area (Å²) in [5.74, 6) is -0.826. The lowest BCUT2D eigenvalue weighted by Gasteiger charge is -2.22. The van der Waals surface area contributed by atoms with E-state index < -0.39 is 0 Å². The molecule has 0 spiro atoms. The molecule has 166 valence electrons. The highest BCUT2D eigenvalue weighted by Gasteiger charge is 2.20. The third-order valence-corrected chi connectivity index (χ3v) is 5.46. The highest BCUT2D eigenvalue weighted by molar-refractivity contribution is 7.13. The average molecular weight is 451 g/mol. The van der Waals surface area contributed by atoms with Gasteiger partial charge in [0.05, 0.1) is 0 Å². The number of nitrogens with one attached hydrogen (secondary N) is 2. The fourth-order valence-electron chi connectivity index (χ4n) is 3.06. The molecule has 0 aliphatic rings. The lowest BCUT2D eigenvalue weighted by atomic mass is 10.1. The number of rotatable bonds is 10. The van der Waals surface area contributed by atoms with E-state index >= 15 is 0 Å². The molecule has 32 heavy (non-hydrogen) atoms. The van der Waals surface area contributed by atoms with Gasteiger partial charge in [0, 0.05) is 36.7 Å². The van der Waals surface area contributed by atoms with Gasteiger partial charge in [-0.3, -0.25) is 14.4 Å². The Morgan fingerprint density at radius 1 is 0.969 bits per heavy atom. The highest BCUT2D eigenvalue weighted by Crippen LogP contribution is 2.17. The first-order valence-corrected chi connectivity index (χ1v) is 11.3. The van der Waals surface area contributed by atoms with Gasteiger partial charge in [0.1, 0.15) is 6.54 Å². The SMILES string of the molecule is Cc1ccc(N(CC(=O)NCCc2ccccc2)C(=O)CCC(=O)Nc2nccs2)cc1. The van der Waals surface area contributed by atoms with Gasteiger partial charge < -0.3 is 15.5 Å². The maximum absolute atomic E-state index is 12.9. The number of carbonyl (C=O) groups excluding carboxylic acids is 3. The molecular weight excluding hydrogens is 424 g/mol. The minimum absolute atomic E-state index is 0.0103. The van der Waals surface area contributed by atoms with Crippen LogP contribution in [0.15, 0.2) is 66.2 Å². The molecule has 2 N–H and O–H groups in total. The van der Waals surface area contributed by atoms with E-state index in [9.17, 15) is 14.4 Å². The molecule has 0 fully saturated rings. The summed E-state index contributed by atoms with van der Waals surface area (Å²) in [5.41, 5.74) is 2.81. The average Bonchev–Trinajstić information content (AvgIpc) is 3.30. The molecule has 0 bridgehead atoms. The normalized spacial score (nSPS) is 10.4.